The Bertz CT molecular complexity index is 1180. The molecule has 3 aromatic rings. The predicted molar refractivity (Wildman–Crippen MR) is 129 cm³/mol. The summed E-state index contributed by atoms with van der Waals surface area (Å²) >= 11 is 6.95. The number of aliphatic imine (C=N–C) groups is 1. The molecule has 1 aliphatic heterocycles. The molecule has 2 unspecified atom stereocenters. The van der Waals surface area contributed by atoms with Gasteiger partial charge in [0.25, 0.3) is 0 Å². The van der Waals surface area contributed by atoms with Crippen LogP contribution in [0.2, 0.25) is 5.02 Å². The number of benzene rings is 1. The lowest BCUT2D eigenvalue weighted by Gasteiger charge is -2.40. The van der Waals surface area contributed by atoms with Gasteiger partial charge in [-0.3, -0.25) is 9.98 Å². The fourth-order valence-electron chi connectivity index (χ4n) is 5.03. The van der Waals surface area contributed by atoms with E-state index in [0.717, 1.165) is 58.2 Å². The van der Waals surface area contributed by atoms with E-state index in [1.54, 1.807) is 0 Å². The lowest BCUT2D eigenvalue weighted by Crippen LogP contribution is -2.49. The van der Waals surface area contributed by atoms with E-state index in [1.807, 2.05) is 13.1 Å². The van der Waals surface area contributed by atoms with E-state index in [1.165, 1.54) is 11.3 Å². The maximum absolute atomic E-state index is 6.95. The van der Waals surface area contributed by atoms with Crippen molar-refractivity contribution in [1.82, 2.24) is 19.4 Å². The van der Waals surface area contributed by atoms with Crippen LogP contribution in [0.4, 0.5) is 0 Å². The predicted octanol–water partition coefficient (Wildman–Crippen LogP) is 5.09. The number of rotatable bonds is 5. The van der Waals surface area contributed by atoms with Gasteiger partial charge in [0.1, 0.15) is 5.82 Å². The molecule has 0 aliphatic carbocycles. The van der Waals surface area contributed by atoms with Crippen LogP contribution in [-0.2, 0) is 25.3 Å². The largest absolute Gasteiger partial charge is 0.358 e. The van der Waals surface area contributed by atoms with Crippen LogP contribution in [0.1, 0.15) is 56.0 Å². The van der Waals surface area contributed by atoms with Gasteiger partial charge in [-0.1, -0.05) is 31.5 Å². The van der Waals surface area contributed by atoms with E-state index in [2.05, 4.69) is 74.4 Å². The van der Waals surface area contributed by atoms with Crippen molar-refractivity contribution in [2.75, 3.05) is 13.6 Å². The quantitative estimate of drug-likeness (QED) is 0.558. The SMILES string of the molecule is CCc1nc2ccc(C(C)(c3cnc(C)n3C)C3CN=C(C)N3C)cc2c(Cl)c1CC. The Labute approximate surface area is 190 Å². The molecular weight excluding hydrogens is 406 g/mol. The number of likely N-dealkylation sites (N-methyl/N-ethyl adjacent to an activating group) is 1. The number of nitrogens with zero attached hydrogens (tertiary/aromatic N) is 5. The van der Waals surface area contributed by atoms with Gasteiger partial charge in [-0.05, 0) is 56.9 Å². The smallest absolute Gasteiger partial charge is 0.105 e. The van der Waals surface area contributed by atoms with Gasteiger partial charge >= 0.3 is 0 Å². The highest BCUT2D eigenvalue weighted by Crippen LogP contribution is 2.41. The summed E-state index contributed by atoms with van der Waals surface area (Å²) in [5.41, 5.74) is 5.27. The maximum atomic E-state index is 6.95. The summed E-state index contributed by atoms with van der Waals surface area (Å²) in [5.74, 6) is 2.07. The molecule has 0 amide bonds. The Morgan fingerprint density at radius 1 is 1.16 bits per heavy atom. The molecule has 1 aromatic carbocycles. The van der Waals surface area contributed by atoms with E-state index in [-0.39, 0.29) is 11.5 Å². The van der Waals surface area contributed by atoms with E-state index in [4.69, 9.17) is 21.6 Å². The molecule has 2 aromatic heterocycles. The summed E-state index contributed by atoms with van der Waals surface area (Å²) in [7, 11) is 4.23. The standard InChI is InChI=1S/C25H32ClN5/c1-8-18-20(9-2)29-21-11-10-17(12-19(21)24(18)26)25(5,22-13-27-15(3)30(22)6)23-14-28-16(4)31(23)7/h10-13,23H,8-9,14H2,1-7H3. The molecule has 0 saturated carbocycles. The van der Waals surface area contributed by atoms with Crippen LogP contribution in [0.15, 0.2) is 29.4 Å². The Hall–Kier alpha value is -2.40. The summed E-state index contributed by atoms with van der Waals surface area (Å²) in [6.45, 7) is 11.5. The number of halogens is 1. The van der Waals surface area contributed by atoms with Gasteiger partial charge in [0, 0.05) is 37.1 Å². The first-order chi connectivity index (χ1) is 14.7. The molecular formula is C25H32ClN5. The van der Waals surface area contributed by atoms with Crippen molar-refractivity contribution in [3.8, 4) is 0 Å². The lowest BCUT2D eigenvalue weighted by atomic mass is 9.72. The lowest BCUT2D eigenvalue weighted by molar-refractivity contribution is 0.281. The highest BCUT2D eigenvalue weighted by Gasteiger charge is 2.44. The van der Waals surface area contributed by atoms with Gasteiger partial charge in [-0.25, -0.2) is 4.98 Å². The molecule has 2 atom stereocenters. The molecule has 164 valence electrons. The first-order valence-electron chi connectivity index (χ1n) is 11.1. The van der Waals surface area contributed by atoms with Crippen LogP contribution in [0.5, 0.6) is 0 Å². The first-order valence-corrected chi connectivity index (χ1v) is 11.5. The molecule has 5 nitrogen and oxygen atoms in total. The van der Waals surface area contributed by atoms with Crippen molar-refractivity contribution >= 4 is 28.3 Å². The van der Waals surface area contributed by atoms with Crippen molar-refractivity contribution in [1.29, 1.82) is 0 Å². The molecule has 6 heteroatoms. The molecule has 0 saturated heterocycles. The summed E-state index contributed by atoms with van der Waals surface area (Å²) in [6, 6.07) is 6.76. The zero-order valence-electron chi connectivity index (χ0n) is 19.6. The molecule has 0 radical (unpaired) electrons. The van der Waals surface area contributed by atoms with Gasteiger partial charge < -0.3 is 9.47 Å². The Balaban J connectivity index is 1.97. The minimum absolute atomic E-state index is 0.187. The normalized spacial score (nSPS) is 18.5. The Morgan fingerprint density at radius 3 is 2.45 bits per heavy atom. The highest BCUT2D eigenvalue weighted by atomic mass is 35.5. The minimum Gasteiger partial charge on any atom is -0.358 e. The second-order valence-electron chi connectivity index (χ2n) is 8.76. The Morgan fingerprint density at radius 2 is 1.90 bits per heavy atom. The molecule has 0 spiro atoms. The average molecular weight is 438 g/mol. The van der Waals surface area contributed by atoms with Gasteiger partial charge in [-0.15, -0.1) is 0 Å². The van der Waals surface area contributed by atoms with Crippen molar-refractivity contribution in [2.24, 2.45) is 12.0 Å². The molecule has 4 rings (SSSR count). The molecule has 0 fully saturated rings. The number of imidazole rings is 1. The molecule has 3 heterocycles. The van der Waals surface area contributed by atoms with Crippen LogP contribution < -0.4 is 0 Å². The van der Waals surface area contributed by atoms with E-state index >= 15 is 0 Å². The van der Waals surface area contributed by atoms with Crippen molar-refractivity contribution < 1.29 is 0 Å². The fraction of sp³-hybridized carbons (Fsp3) is 0.480. The minimum atomic E-state index is -0.320. The Kier molecular flexibility index (Phi) is 5.59. The molecule has 0 bridgehead atoms. The molecule has 1 aliphatic rings. The van der Waals surface area contributed by atoms with Crippen LogP contribution in [0, 0.1) is 6.92 Å². The number of amidine groups is 1. The number of aromatic nitrogens is 3. The number of pyridine rings is 1. The summed E-state index contributed by atoms with van der Waals surface area (Å²) in [4.78, 5) is 16.6. The number of hydrogen-bond acceptors (Lipinski definition) is 4. The summed E-state index contributed by atoms with van der Waals surface area (Å²) in [6.07, 6.45) is 3.78. The van der Waals surface area contributed by atoms with Crippen LogP contribution in [0.3, 0.4) is 0 Å². The molecule has 0 N–H and O–H groups in total. The van der Waals surface area contributed by atoms with E-state index in [0.29, 0.717) is 0 Å². The van der Waals surface area contributed by atoms with E-state index in [9.17, 15) is 0 Å². The van der Waals surface area contributed by atoms with Crippen molar-refractivity contribution in [2.45, 2.75) is 58.9 Å². The number of fused-ring (bicyclic) bond motifs is 1. The second kappa shape index (κ2) is 7.94. The third-order valence-electron chi connectivity index (χ3n) is 7.28. The highest BCUT2D eigenvalue weighted by molar-refractivity contribution is 6.36. The topological polar surface area (TPSA) is 46.3 Å². The van der Waals surface area contributed by atoms with Crippen molar-refractivity contribution in [3.05, 3.63) is 57.8 Å². The zero-order valence-corrected chi connectivity index (χ0v) is 20.4. The first kappa shape index (κ1) is 21.8. The maximum Gasteiger partial charge on any atom is 0.105 e. The molecule has 31 heavy (non-hydrogen) atoms. The van der Waals surface area contributed by atoms with Gasteiger partial charge in [-0.2, -0.15) is 0 Å². The zero-order chi connectivity index (χ0) is 22.5. The number of aryl methyl sites for hydroxylation is 2. The van der Waals surface area contributed by atoms with Crippen molar-refractivity contribution in [3.63, 3.8) is 0 Å². The van der Waals surface area contributed by atoms with Gasteiger partial charge in [0.15, 0.2) is 0 Å². The average Bonchev–Trinajstić information content (AvgIpc) is 3.29. The number of hydrogen-bond donors (Lipinski definition) is 0. The van der Waals surface area contributed by atoms with Gasteiger partial charge in [0.2, 0.25) is 0 Å². The third kappa shape index (κ3) is 3.25. The van der Waals surface area contributed by atoms with Gasteiger partial charge in [0.05, 0.1) is 34.4 Å². The second-order valence-corrected chi connectivity index (χ2v) is 9.13. The van der Waals surface area contributed by atoms with Crippen LogP contribution in [0.25, 0.3) is 10.9 Å². The van der Waals surface area contributed by atoms with E-state index < -0.39 is 0 Å². The summed E-state index contributed by atoms with van der Waals surface area (Å²) < 4.78 is 2.20. The monoisotopic (exact) mass is 437 g/mol. The summed E-state index contributed by atoms with van der Waals surface area (Å²) in [5, 5.41) is 1.86. The fourth-order valence-corrected chi connectivity index (χ4v) is 5.42. The van der Waals surface area contributed by atoms with Crippen LogP contribution >= 0.6 is 11.6 Å². The third-order valence-corrected chi connectivity index (χ3v) is 7.71. The van der Waals surface area contributed by atoms with Crippen LogP contribution in [-0.4, -0.2) is 44.9 Å².